The zero-order valence-corrected chi connectivity index (χ0v) is 17.0. The molecule has 0 saturated heterocycles. The predicted octanol–water partition coefficient (Wildman–Crippen LogP) is 4.87. The average Bonchev–Trinajstić information content (AvgIpc) is 2.49. The molecule has 0 spiro atoms. The van der Waals surface area contributed by atoms with E-state index >= 15 is 0 Å². The van der Waals surface area contributed by atoms with E-state index in [1.807, 2.05) is 0 Å². The van der Waals surface area contributed by atoms with Gasteiger partial charge in [0.25, 0.3) is 5.91 Å². The third kappa shape index (κ3) is 3.76. The van der Waals surface area contributed by atoms with Crippen LogP contribution in [0.15, 0.2) is 49.8 Å². The summed E-state index contributed by atoms with van der Waals surface area (Å²) in [5, 5.41) is 9.27. The molecule has 2 amide bonds. The Labute approximate surface area is 163 Å². The Bertz CT molecular complexity index is 828. The monoisotopic (exact) mass is 517 g/mol. The number of rotatable bonds is 3. The van der Waals surface area contributed by atoms with E-state index in [4.69, 9.17) is 0 Å². The third-order valence-corrected chi connectivity index (χ3v) is 4.78. The second-order valence-corrected chi connectivity index (χ2v) is 7.35. The van der Waals surface area contributed by atoms with Gasteiger partial charge in [0.15, 0.2) is 0 Å². The number of halogens is 3. The quantitative estimate of drug-likeness (QED) is 0.628. The van der Waals surface area contributed by atoms with E-state index in [1.165, 1.54) is 25.1 Å². The molecule has 0 fully saturated rings. The molecule has 0 saturated carbocycles. The van der Waals surface area contributed by atoms with Gasteiger partial charge in [0.1, 0.15) is 0 Å². The van der Waals surface area contributed by atoms with Crippen LogP contribution in [-0.4, -0.2) is 22.9 Å². The van der Waals surface area contributed by atoms with Crippen LogP contribution in [0.25, 0.3) is 0 Å². The maximum absolute atomic E-state index is 12.9. The van der Waals surface area contributed by atoms with Gasteiger partial charge in [0.05, 0.1) is 16.8 Å². The SMILES string of the molecule is CC(=O)N(C(=O)c1ccccc1C(=O)O)c1c(Br)cc(Br)cc1Br. The Morgan fingerprint density at radius 3 is 1.92 bits per heavy atom. The Kier molecular flexibility index (Phi) is 5.95. The van der Waals surface area contributed by atoms with E-state index in [0.29, 0.717) is 14.6 Å². The van der Waals surface area contributed by atoms with E-state index in [2.05, 4.69) is 47.8 Å². The van der Waals surface area contributed by atoms with Crippen molar-refractivity contribution in [2.45, 2.75) is 6.92 Å². The molecule has 0 aliphatic heterocycles. The minimum absolute atomic E-state index is 0.0677. The maximum Gasteiger partial charge on any atom is 0.336 e. The lowest BCUT2D eigenvalue weighted by Crippen LogP contribution is -2.36. The second kappa shape index (κ2) is 7.58. The number of benzene rings is 2. The molecule has 0 aliphatic carbocycles. The van der Waals surface area contributed by atoms with Crippen LogP contribution in [-0.2, 0) is 4.79 Å². The minimum atomic E-state index is -1.24. The zero-order valence-electron chi connectivity index (χ0n) is 12.2. The molecular formula is C16H10Br3NO4. The smallest absolute Gasteiger partial charge is 0.336 e. The molecule has 8 heteroatoms. The molecule has 0 bridgehead atoms. The van der Waals surface area contributed by atoms with Crippen LogP contribution in [0.2, 0.25) is 0 Å². The Morgan fingerprint density at radius 1 is 0.958 bits per heavy atom. The number of carboxylic acid groups (broad SMARTS) is 1. The molecule has 0 radical (unpaired) electrons. The van der Waals surface area contributed by atoms with Crippen LogP contribution in [0.1, 0.15) is 27.6 Å². The Hall–Kier alpha value is -1.51. The van der Waals surface area contributed by atoms with Crippen LogP contribution < -0.4 is 4.90 Å². The van der Waals surface area contributed by atoms with Crippen LogP contribution >= 0.6 is 47.8 Å². The fourth-order valence-corrected chi connectivity index (χ4v) is 4.74. The molecule has 0 aromatic heterocycles. The van der Waals surface area contributed by atoms with Gasteiger partial charge in [-0.3, -0.25) is 9.59 Å². The number of hydrogen-bond acceptors (Lipinski definition) is 3. The molecule has 0 unspecified atom stereocenters. The van der Waals surface area contributed by atoms with Crippen molar-refractivity contribution in [1.82, 2.24) is 0 Å². The average molecular weight is 520 g/mol. The molecule has 2 rings (SSSR count). The number of amides is 2. The third-order valence-electron chi connectivity index (χ3n) is 3.11. The highest BCUT2D eigenvalue weighted by molar-refractivity contribution is 9.11. The second-order valence-electron chi connectivity index (χ2n) is 4.73. The molecule has 0 heterocycles. The van der Waals surface area contributed by atoms with Crippen molar-refractivity contribution in [3.8, 4) is 0 Å². The molecular weight excluding hydrogens is 510 g/mol. The van der Waals surface area contributed by atoms with Crippen molar-refractivity contribution < 1.29 is 19.5 Å². The largest absolute Gasteiger partial charge is 0.478 e. The molecule has 0 atom stereocenters. The Morgan fingerprint density at radius 2 is 1.46 bits per heavy atom. The first kappa shape index (κ1) is 18.8. The van der Waals surface area contributed by atoms with Crippen LogP contribution in [0.5, 0.6) is 0 Å². The summed E-state index contributed by atoms with van der Waals surface area (Å²) in [6.07, 6.45) is 0. The minimum Gasteiger partial charge on any atom is -0.478 e. The molecule has 0 aliphatic rings. The van der Waals surface area contributed by atoms with Crippen LogP contribution in [0, 0.1) is 0 Å². The highest BCUT2D eigenvalue weighted by atomic mass is 79.9. The summed E-state index contributed by atoms with van der Waals surface area (Å²) < 4.78 is 1.74. The van der Waals surface area contributed by atoms with E-state index < -0.39 is 17.8 Å². The number of nitrogens with zero attached hydrogens (tertiary/aromatic N) is 1. The van der Waals surface area contributed by atoms with Crippen molar-refractivity contribution in [3.05, 3.63) is 60.9 Å². The van der Waals surface area contributed by atoms with Gasteiger partial charge in [-0.25, -0.2) is 9.69 Å². The summed E-state index contributed by atoms with van der Waals surface area (Å²) in [6, 6.07) is 9.13. The maximum atomic E-state index is 12.9. The number of carbonyl (C=O) groups is 3. The van der Waals surface area contributed by atoms with Crippen molar-refractivity contribution in [1.29, 1.82) is 0 Å². The van der Waals surface area contributed by atoms with E-state index in [-0.39, 0.29) is 11.1 Å². The highest BCUT2D eigenvalue weighted by Gasteiger charge is 2.28. The standard InChI is InChI=1S/C16H10Br3NO4/c1-8(21)20(14-12(18)6-9(17)7-13(14)19)15(22)10-4-2-3-5-11(10)16(23)24/h2-7H,1H3,(H,23,24). The molecule has 1 N–H and O–H groups in total. The predicted molar refractivity (Wildman–Crippen MR) is 100 cm³/mol. The van der Waals surface area contributed by atoms with Gasteiger partial charge in [-0.2, -0.15) is 0 Å². The zero-order chi connectivity index (χ0) is 18.0. The van der Waals surface area contributed by atoms with Crippen molar-refractivity contribution in [3.63, 3.8) is 0 Å². The lowest BCUT2D eigenvalue weighted by molar-refractivity contribution is -0.116. The highest BCUT2D eigenvalue weighted by Crippen LogP contribution is 2.38. The van der Waals surface area contributed by atoms with E-state index in [9.17, 15) is 19.5 Å². The van der Waals surface area contributed by atoms with Crippen LogP contribution in [0.3, 0.4) is 0 Å². The summed E-state index contributed by atoms with van der Waals surface area (Å²) in [4.78, 5) is 37.3. The van der Waals surface area contributed by atoms with Crippen molar-refractivity contribution in [2.75, 3.05) is 4.90 Å². The van der Waals surface area contributed by atoms with Gasteiger partial charge in [0, 0.05) is 20.3 Å². The lowest BCUT2D eigenvalue weighted by atomic mass is 10.1. The number of aromatic carboxylic acids is 1. The van der Waals surface area contributed by atoms with Gasteiger partial charge in [0.2, 0.25) is 5.91 Å². The number of hydrogen-bond donors (Lipinski definition) is 1. The molecule has 124 valence electrons. The first-order valence-electron chi connectivity index (χ1n) is 6.56. The molecule has 2 aromatic carbocycles. The van der Waals surface area contributed by atoms with Crippen molar-refractivity contribution in [2.24, 2.45) is 0 Å². The molecule has 5 nitrogen and oxygen atoms in total. The molecule has 2 aromatic rings. The normalized spacial score (nSPS) is 10.3. The van der Waals surface area contributed by atoms with Gasteiger partial charge in [-0.15, -0.1) is 0 Å². The van der Waals surface area contributed by atoms with Crippen LogP contribution in [0.4, 0.5) is 5.69 Å². The van der Waals surface area contributed by atoms with Crippen molar-refractivity contribution >= 4 is 71.3 Å². The Balaban J connectivity index is 2.64. The van der Waals surface area contributed by atoms with E-state index in [1.54, 1.807) is 18.2 Å². The number of carboxylic acids is 1. The fraction of sp³-hybridized carbons (Fsp3) is 0.0625. The van der Waals surface area contributed by atoms with Gasteiger partial charge >= 0.3 is 5.97 Å². The van der Waals surface area contributed by atoms with Gasteiger partial charge in [-0.05, 0) is 56.1 Å². The summed E-state index contributed by atoms with van der Waals surface area (Å²) in [7, 11) is 0. The summed E-state index contributed by atoms with van der Waals surface area (Å²) in [5.74, 6) is -2.50. The number of imide groups is 1. The first-order chi connectivity index (χ1) is 11.2. The molecule has 24 heavy (non-hydrogen) atoms. The summed E-state index contributed by atoms with van der Waals surface area (Å²) in [6.45, 7) is 1.24. The first-order valence-corrected chi connectivity index (χ1v) is 8.93. The van der Waals surface area contributed by atoms with Gasteiger partial charge in [-0.1, -0.05) is 28.1 Å². The summed E-state index contributed by atoms with van der Waals surface area (Å²) in [5.41, 5.74) is 0.0657. The lowest BCUT2D eigenvalue weighted by Gasteiger charge is -2.23. The fourth-order valence-electron chi connectivity index (χ4n) is 2.13. The van der Waals surface area contributed by atoms with Gasteiger partial charge < -0.3 is 5.11 Å². The number of anilines is 1. The summed E-state index contributed by atoms with van der Waals surface area (Å²) >= 11 is 9.99. The topological polar surface area (TPSA) is 74.7 Å². The van der Waals surface area contributed by atoms with E-state index in [0.717, 1.165) is 9.37 Å². The number of carbonyl (C=O) groups excluding carboxylic acids is 2.